The first-order chi connectivity index (χ1) is 10.8. The molecule has 1 saturated carbocycles. The van der Waals surface area contributed by atoms with Crippen LogP contribution in [0.1, 0.15) is 88.2 Å². The molecule has 0 bridgehead atoms. The first kappa shape index (κ1) is 17.2. The van der Waals surface area contributed by atoms with Crippen LogP contribution in [-0.4, -0.2) is 6.17 Å². The van der Waals surface area contributed by atoms with Crippen molar-refractivity contribution in [2.24, 2.45) is 0 Å². The third-order valence-corrected chi connectivity index (χ3v) is 4.85. The van der Waals surface area contributed by atoms with Gasteiger partial charge in [-0.05, 0) is 55.6 Å². The zero-order chi connectivity index (χ0) is 15.6. The van der Waals surface area contributed by atoms with Gasteiger partial charge in [-0.25, -0.2) is 4.39 Å². The Morgan fingerprint density at radius 3 is 2.32 bits per heavy atom. The fourth-order valence-corrected chi connectivity index (χ4v) is 3.35. The van der Waals surface area contributed by atoms with Crippen LogP contribution < -0.4 is 0 Å². The Balaban J connectivity index is 1.72. The summed E-state index contributed by atoms with van der Waals surface area (Å²) >= 11 is 0. The predicted octanol–water partition coefficient (Wildman–Crippen LogP) is 7.06. The van der Waals surface area contributed by atoms with Gasteiger partial charge < -0.3 is 0 Å². The largest absolute Gasteiger partial charge is 0.247 e. The lowest BCUT2D eigenvalue weighted by Crippen LogP contribution is -2.13. The number of benzene rings is 1. The molecule has 0 atom stereocenters. The number of rotatable bonds is 8. The van der Waals surface area contributed by atoms with Crippen molar-refractivity contribution in [3.05, 3.63) is 41.5 Å². The molecule has 0 nitrogen and oxygen atoms in total. The lowest BCUT2D eigenvalue weighted by atomic mass is 9.83. The molecule has 122 valence electrons. The Labute approximate surface area is 135 Å². The highest BCUT2D eigenvalue weighted by molar-refractivity contribution is 5.49. The van der Waals surface area contributed by atoms with Crippen LogP contribution in [0.5, 0.6) is 0 Å². The smallest absolute Gasteiger partial charge is 0.100 e. The average molecular weight is 302 g/mol. The second kappa shape index (κ2) is 9.82. The molecule has 1 aliphatic carbocycles. The third kappa shape index (κ3) is 5.94. The van der Waals surface area contributed by atoms with Crippen LogP contribution in [0.15, 0.2) is 30.3 Å². The van der Waals surface area contributed by atoms with Gasteiger partial charge in [-0.15, -0.1) is 0 Å². The average Bonchev–Trinajstić information content (AvgIpc) is 2.55. The van der Waals surface area contributed by atoms with E-state index in [9.17, 15) is 4.39 Å². The summed E-state index contributed by atoms with van der Waals surface area (Å²) in [6.07, 6.45) is 15.4. The molecule has 0 amide bonds. The van der Waals surface area contributed by atoms with E-state index in [-0.39, 0.29) is 0 Å². The van der Waals surface area contributed by atoms with Gasteiger partial charge in [-0.3, -0.25) is 0 Å². The zero-order valence-corrected chi connectivity index (χ0v) is 14.1. The molecule has 1 fully saturated rings. The summed E-state index contributed by atoms with van der Waals surface area (Å²) in [5, 5.41) is 0. The Kier molecular flexibility index (Phi) is 7.70. The van der Waals surface area contributed by atoms with Crippen LogP contribution in [0.25, 0.3) is 6.08 Å². The lowest BCUT2D eigenvalue weighted by Gasteiger charge is -2.24. The van der Waals surface area contributed by atoms with Crippen molar-refractivity contribution in [1.29, 1.82) is 0 Å². The molecule has 0 aromatic heterocycles. The Hall–Kier alpha value is -1.11. The Morgan fingerprint density at radius 1 is 0.955 bits per heavy atom. The maximum Gasteiger partial charge on any atom is 0.100 e. The molecule has 0 aliphatic heterocycles. The van der Waals surface area contributed by atoms with E-state index < -0.39 is 6.17 Å². The minimum atomic E-state index is -0.559. The summed E-state index contributed by atoms with van der Waals surface area (Å²) in [6.45, 7) is 2.26. The highest BCUT2D eigenvalue weighted by atomic mass is 19.1. The van der Waals surface area contributed by atoms with Crippen molar-refractivity contribution in [2.45, 2.75) is 83.2 Å². The molecular formula is C21H31F. The molecule has 1 aliphatic rings. The minimum absolute atomic E-state index is 0.559. The fraction of sp³-hybridized carbons (Fsp3) is 0.619. The van der Waals surface area contributed by atoms with Gasteiger partial charge in [0.05, 0.1) is 0 Å². The molecule has 0 saturated heterocycles. The highest BCUT2D eigenvalue weighted by Crippen LogP contribution is 2.34. The monoisotopic (exact) mass is 302 g/mol. The van der Waals surface area contributed by atoms with Crippen LogP contribution in [0.2, 0.25) is 0 Å². The second-order valence-corrected chi connectivity index (χ2v) is 6.72. The first-order valence-corrected chi connectivity index (χ1v) is 9.20. The normalized spacial score (nSPS) is 22.3. The summed E-state index contributed by atoms with van der Waals surface area (Å²) < 4.78 is 13.2. The summed E-state index contributed by atoms with van der Waals surface area (Å²) in [7, 11) is 0. The van der Waals surface area contributed by atoms with Crippen LogP contribution >= 0.6 is 0 Å². The van der Waals surface area contributed by atoms with Gasteiger partial charge in [-0.2, -0.15) is 0 Å². The quantitative estimate of drug-likeness (QED) is 0.451. The summed E-state index contributed by atoms with van der Waals surface area (Å²) in [4.78, 5) is 0. The predicted molar refractivity (Wildman–Crippen MR) is 95.0 cm³/mol. The molecule has 22 heavy (non-hydrogen) atoms. The molecule has 2 rings (SSSR count). The summed E-state index contributed by atoms with van der Waals surface area (Å²) in [5.41, 5.74) is 2.68. The van der Waals surface area contributed by atoms with Crippen molar-refractivity contribution in [3.8, 4) is 0 Å². The van der Waals surface area contributed by atoms with E-state index in [0.29, 0.717) is 5.92 Å². The van der Waals surface area contributed by atoms with E-state index >= 15 is 0 Å². The molecule has 0 heterocycles. The van der Waals surface area contributed by atoms with Crippen molar-refractivity contribution in [3.63, 3.8) is 0 Å². The van der Waals surface area contributed by atoms with E-state index in [1.807, 2.05) is 0 Å². The molecule has 0 unspecified atom stereocenters. The van der Waals surface area contributed by atoms with Crippen molar-refractivity contribution in [2.75, 3.05) is 0 Å². The van der Waals surface area contributed by atoms with Crippen molar-refractivity contribution < 1.29 is 4.39 Å². The molecule has 1 heteroatoms. The maximum absolute atomic E-state index is 13.2. The van der Waals surface area contributed by atoms with E-state index in [2.05, 4.69) is 43.3 Å². The van der Waals surface area contributed by atoms with Crippen LogP contribution in [0.4, 0.5) is 4.39 Å². The Morgan fingerprint density at radius 2 is 1.64 bits per heavy atom. The van der Waals surface area contributed by atoms with E-state index in [4.69, 9.17) is 0 Å². The number of hydrogen-bond donors (Lipinski definition) is 0. The van der Waals surface area contributed by atoms with Gasteiger partial charge in [0.2, 0.25) is 0 Å². The fourth-order valence-electron chi connectivity index (χ4n) is 3.35. The molecule has 1 aromatic rings. The molecule has 0 radical (unpaired) electrons. The van der Waals surface area contributed by atoms with Gasteiger partial charge in [-0.1, -0.05) is 69.0 Å². The van der Waals surface area contributed by atoms with Crippen molar-refractivity contribution in [1.82, 2.24) is 0 Å². The molecular weight excluding hydrogens is 271 g/mol. The second-order valence-electron chi connectivity index (χ2n) is 6.72. The number of unbranched alkanes of at least 4 members (excludes halogenated alkanes) is 5. The van der Waals surface area contributed by atoms with E-state index in [1.165, 1.54) is 49.7 Å². The number of allylic oxidation sites excluding steroid dienone is 1. The number of hydrogen-bond acceptors (Lipinski definition) is 0. The maximum atomic E-state index is 13.2. The Bertz CT molecular complexity index is 424. The van der Waals surface area contributed by atoms with Crippen LogP contribution in [-0.2, 0) is 0 Å². The number of halogens is 1. The summed E-state index contributed by atoms with van der Waals surface area (Å²) in [5.74, 6) is 0.573. The standard InChI is InChI=1S/C21H31F/c1-2-3-4-5-6-7-8-9-18-10-12-19(13-11-18)20-14-16-21(22)17-15-20/h8-13,20-21H,2-7,14-17H2,1H3/b9-8+. The van der Waals surface area contributed by atoms with E-state index in [0.717, 1.165) is 25.7 Å². The third-order valence-electron chi connectivity index (χ3n) is 4.85. The lowest BCUT2D eigenvalue weighted by molar-refractivity contribution is 0.235. The number of alkyl halides is 1. The van der Waals surface area contributed by atoms with Gasteiger partial charge >= 0.3 is 0 Å². The SMILES string of the molecule is CCCCCCC/C=C/c1ccc(C2CCC(F)CC2)cc1. The zero-order valence-electron chi connectivity index (χ0n) is 14.1. The van der Waals surface area contributed by atoms with Crippen LogP contribution in [0.3, 0.4) is 0 Å². The first-order valence-electron chi connectivity index (χ1n) is 9.20. The minimum Gasteiger partial charge on any atom is -0.247 e. The molecule has 0 spiro atoms. The summed E-state index contributed by atoms with van der Waals surface area (Å²) in [6, 6.07) is 8.91. The van der Waals surface area contributed by atoms with Gasteiger partial charge in [0.1, 0.15) is 6.17 Å². The van der Waals surface area contributed by atoms with Gasteiger partial charge in [0.25, 0.3) is 0 Å². The van der Waals surface area contributed by atoms with Gasteiger partial charge in [0, 0.05) is 0 Å². The highest BCUT2D eigenvalue weighted by Gasteiger charge is 2.21. The molecule has 1 aromatic carbocycles. The molecule has 0 N–H and O–H groups in total. The van der Waals surface area contributed by atoms with Crippen molar-refractivity contribution >= 4 is 6.08 Å². The van der Waals surface area contributed by atoms with Gasteiger partial charge in [0.15, 0.2) is 0 Å². The van der Waals surface area contributed by atoms with E-state index in [1.54, 1.807) is 0 Å². The van der Waals surface area contributed by atoms with Crippen LogP contribution in [0, 0.1) is 0 Å². The topological polar surface area (TPSA) is 0 Å².